The second-order valence-corrected chi connectivity index (χ2v) is 3.75. The van der Waals surface area contributed by atoms with Crippen LogP contribution in [0.4, 0.5) is 0 Å². The molecule has 18 heavy (non-hydrogen) atoms. The van der Waals surface area contributed by atoms with Crippen LogP contribution >= 0.6 is 0 Å². The Morgan fingerprint density at radius 1 is 1.50 bits per heavy atom. The lowest BCUT2D eigenvalue weighted by Gasteiger charge is -2.06. The maximum absolute atomic E-state index is 11.1. The van der Waals surface area contributed by atoms with Crippen LogP contribution in [0.3, 0.4) is 0 Å². The maximum atomic E-state index is 11.1. The van der Waals surface area contributed by atoms with E-state index in [1.54, 1.807) is 24.0 Å². The smallest absolute Gasteiger partial charge is 0.358 e. The second kappa shape index (κ2) is 4.96. The molecule has 0 atom stereocenters. The van der Waals surface area contributed by atoms with Crippen molar-refractivity contribution in [1.82, 2.24) is 24.5 Å². The molecule has 0 radical (unpaired) electrons. The third kappa shape index (κ3) is 2.09. The molecule has 0 aliphatic heterocycles. The van der Waals surface area contributed by atoms with Crippen molar-refractivity contribution < 1.29 is 15.0 Å². The number of carbonyl (C=O) groups is 1. The lowest BCUT2D eigenvalue weighted by molar-refractivity contribution is 0.0691. The minimum Gasteiger partial charge on any atom is -0.476 e. The van der Waals surface area contributed by atoms with Crippen molar-refractivity contribution in [3.8, 4) is 11.5 Å². The van der Waals surface area contributed by atoms with Gasteiger partial charge < -0.3 is 14.8 Å². The molecule has 8 nitrogen and oxygen atoms in total. The number of carboxylic acids is 1. The number of aromatic carboxylic acids is 1. The van der Waals surface area contributed by atoms with Crippen LogP contribution in [0.5, 0.6) is 0 Å². The van der Waals surface area contributed by atoms with Crippen LogP contribution in [0.1, 0.15) is 16.9 Å². The Kier molecular flexibility index (Phi) is 3.38. The van der Waals surface area contributed by atoms with E-state index in [1.165, 1.54) is 4.68 Å². The molecule has 0 aromatic carbocycles. The fourth-order valence-corrected chi connectivity index (χ4v) is 1.65. The SMILES string of the molecule is Cn1ccnc1-c1c(C(=O)O)nnn1CCCO. The third-order valence-electron chi connectivity index (χ3n) is 2.50. The van der Waals surface area contributed by atoms with E-state index >= 15 is 0 Å². The van der Waals surface area contributed by atoms with Gasteiger partial charge >= 0.3 is 5.97 Å². The van der Waals surface area contributed by atoms with Gasteiger partial charge in [-0.15, -0.1) is 5.10 Å². The zero-order chi connectivity index (χ0) is 13.1. The van der Waals surface area contributed by atoms with E-state index < -0.39 is 5.97 Å². The molecule has 8 heteroatoms. The van der Waals surface area contributed by atoms with Crippen LogP contribution in [-0.2, 0) is 13.6 Å². The van der Waals surface area contributed by atoms with Crippen molar-refractivity contribution in [2.75, 3.05) is 6.61 Å². The van der Waals surface area contributed by atoms with Crippen LogP contribution in [0.25, 0.3) is 11.5 Å². The first-order chi connectivity index (χ1) is 8.65. The summed E-state index contributed by atoms with van der Waals surface area (Å²) in [5, 5.41) is 25.4. The van der Waals surface area contributed by atoms with E-state index in [1.807, 2.05) is 0 Å². The van der Waals surface area contributed by atoms with Gasteiger partial charge in [0.1, 0.15) is 5.69 Å². The van der Waals surface area contributed by atoms with Gasteiger partial charge in [-0.3, -0.25) is 0 Å². The zero-order valence-electron chi connectivity index (χ0n) is 9.81. The Labute approximate surface area is 102 Å². The Morgan fingerprint density at radius 3 is 2.83 bits per heavy atom. The molecule has 0 spiro atoms. The van der Waals surface area contributed by atoms with E-state index in [-0.39, 0.29) is 12.3 Å². The molecule has 2 aromatic rings. The standard InChI is InChI=1S/C10H13N5O3/c1-14-5-3-11-9(14)8-7(10(17)18)12-13-15(8)4-2-6-16/h3,5,16H,2,4,6H2,1H3,(H,17,18). The summed E-state index contributed by atoms with van der Waals surface area (Å²) in [7, 11) is 1.76. The summed E-state index contributed by atoms with van der Waals surface area (Å²) in [6, 6.07) is 0. The van der Waals surface area contributed by atoms with Gasteiger partial charge in [-0.2, -0.15) is 0 Å². The highest BCUT2D eigenvalue weighted by atomic mass is 16.4. The number of carboxylic acid groups (broad SMARTS) is 1. The molecule has 0 unspecified atom stereocenters. The number of aliphatic hydroxyl groups is 1. The number of aliphatic hydroxyl groups excluding tert-OH is 1. The number of aryl methyl sites for hydroxylation is 2. The van der Waals surface area contributed by atoms with Crippen molar-refractivity contribution in [2.24, 2.45) is 7.05 Å². The minimum atomic E-state index is -1.15. The van der Waals surface area contributed by atoms with Crippen LogP contribution in [0, 0.1) is 0 Å². The number of imidazole rings is 1. The lowest BCUT2D eigenvalue weighted by Crippen LogP contribution is -2.09. The molecule has 2 heterocycles. The van der Waals surface area contributed by atoms with Gasteiger partial charge in [0.2, 0.25) is 5.69 Å². The Morgan fingerprint density at radius 2 is 2.28 bits per heavy atom. The highest BCUT2D eigenvalue weighted by Crippen LogP contribution is 2.20. The quantitative estimate of drug-likeness (QED) is 0.759. The summed E-state index contributed by atoms with van der Waals surface area (Å²) in [4.78, 5) is 15.2. The molecule has 2 N–H and O–H groups in total. The number of aromatic nitrogens is 5. The van der Waals surface area contributed by atoms with Crippen molar-refractivity contribution in [3.63, 3.8) is 0 Å². The predicted molar refractivity (Wildman–Crippen MR) is 60.9 cm³/mol. The maximum Gasteiger partial charge on any atom is 0.358 e. The summed E-state index contributed by atoms with van der Waals surface area (Å²) in [6.45, 7) is 0.390. The fourth-order valence-electron chi connectivity index (χ4n) is 1.65. The highest BCUT2D eigenvalue weighted by molar-refractivity contribution is 5.91. The average Bonchev–Trinajstić information content (AvgIpc) is 2.91. The van der Waals surface area contributed by atoms with Gasteiger partial charge in [-0.25, -0.2) is 14.5 Å². The number of hydrogen-bond donors (Lipinski definition) is 2. The molecular weight excluding hydrogens is 238 g/mol. The first-order valence-electron chi connectivity index (χ1n) is 5.40. The highest BCUT2D eigenvalue weighted by Gasteiger charge is 2.23. The van der Waals surface area contributed by atoms with Crippen LogP contribution in [0.15, 0.2) is 12.4 Å². The number of nitrogens with zero attached hydrogens (tertiary/aromatic N) is 5. The van der Waals surface area contributed by atoms with E-state index in [2.05, 4.69) is 15.3 Å². The van der Waals surface area contributed by atoms with Gasteiger partial charge in [-0.05, 0) is 6.42 Å². The van der Waals surface area contributed by atoms with Crippen molar-refractivity contribution in [1.29, 1.82) is 0 Å². The Bertz CT molecular complexity index is 560. The molecule has 2 rings (SSSR count). The van der Waals surface area contributed by atoms with Gasteiger partial charge in [0.05, 0.1) is 0 Å². The molecular formula is C10H13N5O3. The van der Waals surface area contributed by atoms with Crippen molar-refractivity contribution in [2.45, 2.75) is 13.0 Å². The van der Waals surface area contributed by atoms with Crippen LogP contribution in [0.2, 0.25) is 0 Å². The topological polar surface area (TPSA) is 106 Å². The van der Waals surface area contributed by atoms with Gasteiger partial charge in [-0.1, -0.05) is 5.21 Å². The van der Waals surface area contributed by atoms with E-state index in [0.717, 1.165) is 0 Å². The first-order valence-corrected chi connectivity index (χ1v) is 5.40. The molecule has 0 saturated carbocycles. The fraction of sp³-hybridized carbons (Fsp3) is 0.400. The molecule has 0 amide bonds. The molecule has 0 fully saturated rings. The number of hydrogen-bond acceptors (Lipinski definition) is 5. The number of rotatable bonds is 5. The summed E-state index contributed by atoms with van der Waals surface area (Å²) in [5.74, 6) is -0.668. The summed E-state index contributed by atoms with van der Waals surface area (Å²) in [6.07, 6.45) is 3.76. The van der Waals surface area contributed by atoms with Crippen molar-refractivity contribution in [3.05, 3.63) is 18.1 Å². The zero-order valence-corrected chi connectivity index (χ0v) is 9.81. The average molecular weight is 251 g/mol. The van der Waals surface area contributed by atoms with Crippen LogP contribution in [-0.4, -0.2) is 47.3 Å². The molecule has 0 aliphatic carbocycles. The van der Waals surface area contributed by atoms with E-state index in [9.17, 15) is 4.79 Å². The monoisotopic (exact) mass is 251 g/mol. The molecule has 0 bridgehead atoms. The normalized spacial score (nSPS) is 10.8. The molecule has 0 saturated heterocycles. The lowest BCUT2D eigenvalue weighted by atomic mass is 10.3. The van der Waals surface area contributed by atoms with Gasteiger partial charge in [0.15, 0.2) is 5.82 Å². The second-order valence-electron chi connectivity index (χ2n) is 3.75. The molecule has 96 valence electrons. The third-order valence-corrected chi connectivity index (χ3v) is 2.50. The first kappa shape index (κ1) is 12.2. The summed E-state index contributed by atoms with van der Waals surface area (Å²) >= 11 is 0. The van der Waals surface area contributed by atoms with E-state index in [0.29, 0.717) is 24.5 Å². The largest absolute Gasteiger partial charge is 0.476 e. The molecule has 0 aliphatic rings. The molecule has 2 aromatic heterocycles. The van der Waals surface area contributed by atoms with E-state index in [4.69, 9.17) is 10.2 Å². The minimum absolute atomic E-state index is 0.00225. The van der Waals surface area contributed by atoms with Crippen molar-refractivity contribution >= 4 is 5.97 Å². The van der Waals surface area contributed by atoms with Gasteiger partial charge in [0, 0.05) is 32.6 Å². The van der Waals surface area contributed by atoms with Crippen LogP contribution < -0.4 is 0 Å². The van der Waals surface area contributed by atoms with Gasteiger partial charge in [0.25, 0.3) is 0 Å². The predicted octanol–water partition coefficient (Wildman–Crippen LogP) is -0.241. The summed E-state index contributed by atoms with van der Waals surface area (Å²) in [5.41, 5.74) is 0.214. The summed E-state index contributed by atoms with van der Waals surface area (Å²) < 4.78 is 3.14. The Hall–Kier alpha value is -2.22. The Balaban J connectivity index is 2.50.